The Morgan fingerprint density at radius 3 is 3.05 bits per heavy atom. The van der Waals surface area contributed by atoms with Crippen molar-refractivity contribution in [2.75, 3.05) is 20.1 Å². The number of rotatable bonds is 5. The number of nitrogens with one attached hydrogen (secondary N) is 1. The van der Waals surface area contributed by atoms with E-state index in [1.54, 1.807) is 18.1 Å². The highest BCUT2D eigenvalue weighted by molar-refractivity contribution is 5.73. The maximum absolute atomic E-state index is 11.9. The van der Waals surface area contributed by atoms with Crippen molar-refractivity contribution < 1.29 is 9.90 Å². The van der Waals surface area contributed by atoms with Crippen LogP contribution in [0, 0.1) is 5.92 Å². The third-order valence-corrected chi connectivity index (χ3v) is 3.89. The van der Waals surface area contributed by atoms with Gasteiger partial charge in [0.15, 0.2) is 0 Å². The van der Waals surface area contributed by atoms with Crippen LogP contribution in [0.4, 0.5) is 4.79 Å². The van der Waals surface area contributed by atoms with Crippen LogP contribution in [0.1, 0.15) is 24.8 Å². The summed E-state index contributed by atoms with van der Waals surface area (Å²) >= 11 is 0. The number of carbonyl (C=O) groups excluding carboxylic acids is 1. The monoisotopic (exact) mass is 277 g/mol. The van der Waals surface area contributed by atoms with Gasteiger partial charge in [-0.2, -0.15) is 0 Å². The molecule has 20 heavy (non-hydrogen) atoms. The number of urea groups is 1. The molecule has 0 bridgehead atoms. The van der Waals surface area contributed by atoms with Gasteiger partial charge >= 0.3 is 6.03 Å². The van der Waals surface area contributed by atoms with E-state index in [0.29, 0.717) is 13.1 Å². The van der Waals surface area contributed by atoms with Gasteiger partial charge in [0, 0.05) is 38.4 Å². The van der Waals surface area contributed by atoms with E-state index < -0.39 is 0 Å². The molecular formula is C15H23N3O2. The lowest BCUT2D eigenvalue weighted by Gasteiger charge is -2.23. The summed E-state index contributed by atoms with van der Waals surface area (Å²) < 4.78 is 0. The predicted molar refractivity (Wildman–Crippen MR) is 77.3 cm³/mol. The topological polar surface area (TPSA) is 65.5 Å². The van der Waals surface area contributed by atoms with E-state index in [1.807, 2.05) is 18.3 Å². The van der Waals surface area contributed by atoms with Gasteiger partial charge < -0.3 is 15.3 Å². The second kappa shape index (κ2) is 7.24. The molecule has 0 spiro atoms. The Bertz CT molecular complexity index is 424. The molecule has 1 aliphatic carbocycles. The van der Waals surface area contributed by atoms with Gasteiger partial charge in [0.05, 0.1) is 6.10 Å². The molecule has 2 N–H and O–H groups in total. The molecule has 110 valence electrons. The fraction of sp³-hybridized carbons (Fsp3) is 0.600. The van der Waals surface area contributed by atoms with Crippen LogP contribution >= 0.6 is 0 Å². The van der Waals surface area contributed by atoms with Crippen molar-refractivity contribution in [3.63, 3.8) is 0 Å². The molecule has 1 aromatic heterocycles. The lowest BCUT2D eigenvalue weighted by atomic mass is 10.1. The van der Waals surface area contributed by atoms with Crippen LogP contribution in [0.15, 0.2) is 24.5 Å². The molecule has 5 heteroatoms. The SMILES string of the molecule is CN(CC1CCCC1O)C(=O)NCCc1cccnc1. The first-order valence-corrected chi connectivity index (χ1v) is 7.22. The minimum Gasteiger partial charge on any atom is -0.393 e. The van der Waals surface area contributed by atoms with Crippen molar-refractivity contribution >= 4 is 6.03 Å². The summed E-state index contributed by atoms with van der Waals surface area (Å²) in [5, 5.41) is 12.7. The van der Waals surface area contributed by atoms with E-state index in [4.69, 9.17) is 0 Å². The highest BCUT2D eigenvalue weighted by Gasteiger charge is 2.27. The molecule has 1 saturated carbocycles. The number of aliphatic hydroxyl groups is 1. The largest absolute Gasteiger partial charge is 0.393 e. The Labute approximate surface area is 120 Å². The average Bonchev–Trinajstić information content (AvgIpc) is 2.85. The number of aliphatic hydroxyl groups excluding tert-OH is 1. The Kier molecular flexibility index (Phi) is 5.35. The van der Waals surface area contributed by atoms with Gasteiger partial charge in [-0.1, -0.05) is 12.5 Å². The Morgan fingerprint density at radius 1 is 1.55 bits per heavy atom. The van der Waals surface area contributed by atoms with Gasteiger partial charge in [-0.3, -0.25) is 4.98 Å². The number of hydrogen-bond acceptors (Lipinski definition) is 3. The molecule has 0 saturated heterocycles. The molecule has 0 aromatic carbocycles. The summed E-state index contributed by atoms with van der Waals surface area (Å²) in [6.45, 7) is 1.22. The lowest BCUT2D eigenvalue weighted by Crippen LogP contribution is -2.41. The minimum absolute atomic E-state index is 0.0759. The normalized spacial score (nSPS) is 21.7. The fourth-order valence-corrected chi connectivity index (χ4v) is 2.66. The molecule has 2 unspecified atom stereocenters. The van der Waals surface area contributed by atoms with Crippen LogP contribution in [0.5, 0.6) is 0 Å². The Hall–Kier alpha value is -1.62. The van der Waals surface area contributed by atoms with Crippen LogP contribution in [0.2, 0.25) is 0 Å². The number of pyridine rings is 1. The molecule has 0 aliphatic heterocycles. The van der Waals surface area contributed by atoms with Gasteiger partial charge in [-0.15, -0.1) is 0 Å². The van der Waals surface area contributed by atoms with E-state index in [9.17, 15) is 9.90 Å². The third-order valence-electron chi connectivity index (χ3n) is 3.89. The van der Waals surface area contributed by atoms with Crippen molar-refractivity contribution in [3.05, 3.63) is 30.1 Å². The van der Waals surface area contributed by atoms with Crippen molar-refractivity contribution in [1.82, 2.24) is 15.2 Å². The quantitative estimate of drug-likeness (QED) is 0.855. The minimum atomic E-state index is -0.249. The van der Waals surface area contributed by atoms with Crippen molar-refractivity contribution in [3.8, 4) is 0 Å². The Balaban J connectivity index is 1.68. The molecule has 5 nitrogen and oxygen atoms in total. The van der Waals surface area contributed by atoms with Gasteiger partial charge in [0.2, 0.25) is 0 Å². The van der Waals surface area contributed by atoms with E-state index in [0.717, 1.165) is 31.2 Å². The molecule has 2 atom stereocenters. The molecule has 2 amide bonds. The lowest BCUT2D eigenvalue weighted by molar-refractivity contribution is 0.114. The smallest absolute Gasteiger partial charge is 0.317 e. The van der Waals surface area contributed by atoms with Gasteiger partial charge in [-0.25, -0.2) is 4.79 Å². The van der Waals surface area contributed by atoms with Crippen molar-refractivity contribution in [2.24, 2.45) is 5.92 Å². The van der Waals surface area contributed by atoms with Crippen LogP contribution in [0.3, 0.4) is 0 Å². The van der Waals surface area contributed by atoms with Gasteiger partial charge in [0.1, 0.15) is 0 Å². The number of amides is 2. The molecule has 2 rings (SSSR count). The predicted octanol–water partition coefficient (Wildman–Crippen LogP) is 1.43. The standard InChI is InChI=1S/C15H23N3O2/c1-18(11-13-5-2-6-14(13)19)15(20)17-9-7-12-4-3-8-16-10-12/h3-4,8,10,13-14,19H,2,5-7,9,11H2,1H3,(H,17,20). The van der Waals surface area contributed by atoms with E-state index in [1.165, 1.54) is 0 Å². The molecule has 1 fully saturated rings. The first-order chi connectivity index (χ1) is 9.66. The molecule has 1 heterocycles. The first kappa shape index (κ1) is 14.8. The maximum Gasteiger partial charge on any atom is 0.317 e. The highest BCUT2D eigenvalue weighted by atomic mass is 16.3. The summed E-state index contributed by atoms with van der Waals surface area (Å²) in [5.74, 6) is 0.226. The van der Waals surface area contributed by atoms with Gasteiger partial charge in [-0.05, 0) is 30.9 Å². The van der Waals surface area contributed by atoms with Crippen molar-refractivity contribution in [1.29, 1.82) is 0 Å². The summed E-state index contributed by atoms with van der Waals surface area (Å²) in [5.41, 5.74) is 1.11. The number of nitrogens with zero attached hydrogens (tertiary/aromatic N) is 2. The maximum atomic E-state index is 11.9. The highest BCUT2D eigenvalue weighted by Crippen LogP contribution is 2.25. The number of carbonyl (C=O) groups is 1. The Morgan fingerprint density at radius 2 is 2.40 bits per heavy atom. The zero-order valence-electron chi connectivity index (χ0n) is 12.0. The molecule has 0 radical (unpaired) electrons. The van der Waals surface area contributed by atoms with E-state index in [-0.39, 0.29) is 18.1 Å². The second-order valence-electron chi connectivity index (χ2n) is 5.48. The molecule has 1 aliphatic rings. The molecule has 1 aromatic rings. The van der Waals surface area contributed by atoms with Crippen molar-refractivity contribution in [2.45, 2.75) is 31.8 Å². The fourth-order valence-electron chi connectivity index (χ4n) is 2.66. The zero-order valence-corrected chi connectivity index (χ0v) is 12.0. The van der Waals surface area contributed by atoms with Crippen LogP contribution in [0.25, 0.3) is 0 Å². The summed E-state index contributed by atoms with van der Waals surface area (Å²) in [7, 11) is 1.78. The summed E-state index contributed by atoms with van der Waals surface area (Å²) in [6.07, 6.45) is 7.01. The summed E-state index contributed by atoms with van der Waals surface area (Å²) in [6, 6.07) is 3.82. The average molecular weight is 277 g/mol. The van der Waals surface area contributed by atoms with Gasteiger partial charge in [0.25, 0.3) is 0 Å². The van der Waals surface area contributed by atoms with Crippen LogP contribution < -0.4 is 5.32 Å². The van der Waals surface area contributed by atoms with E-state index >= 15 is 0 Å². The number of aromatic nitrogens is 1. The van der Waals surface area contributed by atoms with Crippen LogP contribution in [-0.4, -0.2) is 47.3 Å². The molecular weight excluding hydrogens is 254 g/mol. The second-order valence-corrected chi connectivity index (χ2v) is 5.48. The first-order valence-electron chi connectivity index (χ1n) is 7.22. The third kappa shape index (κ3) is 4.20. The van der Waals surface area contributed by atoms with E-state index in [2.05, 4.69) is 10.3 Å². The zero-order chi connectivity index (χ0) is 14.4. The van der Waals surface area contributed by atoms with Crippen LogP contribution in [-0.2, 0) is 6.42 Å². The number of hydrogen-bond donors (Lipinski definition) is 2. The summed E-state index contributed by atoms with van der Waals surface area (Å²) in [4.78, 5) is 17.7.